The van der Waals surface area contributed by atoms with Crippen LogP contribution >= 0.6 is 0 Å². The van der Waals surface area contributed by atoms with Crippen LogP contribution in [0.25, 0.3) is 32.8 Å². The number of benzene rings is 2. The van der Waals surface area contributed by atoms with Crippen LogP contribution in [0.1, 0.15) is 24.0 Å². The van der Waals surface area contributed by atoms with E-state index in [0.717, 1.165) is 25.9 Å². The Morgan fingerprint density at radius 3 is 2.49 bits per heavy atom. The summed E-state index contributed by atoms with van der Waals surface area (Å²) in [7, 11) is 1.84. The molecule has 2 atom stereocenters. The van der Waals surface area contributed by atoms with E-state index in [1.54, 1.807) is 17.1 Å². The van der Waals surface area contributed by atoms with Crippen LogP contribution in [-0.4, -0.2) is 69.2 Å². The molecule has 0 saturated carbocycles. The Balaban J connectivity index is 1.28. The highest BCUT2D eigenvalue weighted by Gasteiger charge is 2.36. The lowest BCUT2D eigenvalue weighted by atomic mass is 9.94. The number of pyridine rings is 2. The predicted octanol–water partition coefficient (Wildman–Crippen LogP) is 4.67. The van der Waals surface area contributed by atoms with E-state index >= 15 is 4.39 Å². The quantitative estimate of drug-likeness (QED) is 0.279. The molecule has 3 aliphatic rings. The maximum absolute atomic E-state index is 17.1. The van der Waals surface area contributed by atoms with Gasteiger partial charge in [0, 0.05) is 65.7 Å². The van der Waals surface area contributed by atoms with Gasteiger partial charge in [-0.25, -0.2) is 13.8 Å². The number of aryl methyl sites for hydroxylation is 2. The van der Waals surface area contributed by atoms with Gasteiger partial charge in [0.2, 0.25) is 0 Å². The molecule has 3 fully saturated rings. The minimum atomic E-state index is -0.600. The molecule has 0 aliphatic carbocycles. The van der Waals surface area contributed by atoms with E-state index in [9.17, 15) is 9.50 Å². The molecular formula is C34H31F2N7O2. The van der Waals surface area contributed by atoms with Crippen LogP contribution in [0, 0.1) is 30.9 Å². The number of hydrogen-bond acceptors (Lipinski definition) is 8. The van der Waals surface area contributed by atoms with E-state index < -0.39 is 11.6 Å². The number of terminal acetylenes is 1. The Hall–Kier alpha value is -4.95. The summed E-state index contributed by atoms with van der Waals surface area (Å²) in [6.07, 6.45) is 13.0. The minimum absolute atomic E-state index is 0.00634. The van der Waals surface area contributed by atoms with Crippen LogP contribution in [0.5, 0.6) is 11.5 Å². The van der Waals surface area contributed by atoms with Crippen LogP contribution in [0.3, 0.4) is 0 Å². The highest BCUT2D eigenvalue weighted by atomic mass is 19.1. The number of halogens is 2. The second kappa shape index (κ2) is 10.3. The number of phenolic OH excluding ortho intramolecular Hbond substituents is 1. The fraction of sp³-hybridized carbons (Fsp3) is 0.324. The summed E-state index contributed by atoms with van der Waals surface area (Å²) in [5.74, 6) is 3.21. The van der Waals surface area contributed by atoms with Crippen molar-refractivity contribution in [3.63, 3.8) is 0 Å². The second-order valence-electron chi connectivity index (χ2n) is 12.3. The maximum Gasteiger partial charge on any atom is 0.157 e. The molecule has 3 aliphatic heterocycles. The molecule has 8 rings (SSSR count). The number of phenols is 1. The van der Waals surface area contributed by atoms with E-state index in [1.165, 1.54) is 24.3 Å². The third kappa shape index (κ3) is 4.51. The topological polar surface area (TPSA) is 91.6 Å². The lowest BCUT2D eigenvalue weighted by Gasteiger charge is -2.41. The first-order valence-electron chi connectivity index (χ1n) is 15.1. The van der Waals surface area contributed by atoms with Crippen LogP contribution in [0.15, 0.2) is 42.9 Å². The number of piperazine rings is 1. The first-order valence-corrected chi connectivity index (χ1v) is 15.1. The van der Waals surface area contributed by atoms with Crippen LogP contribution < -0.4 is 19.9 Å². The smallest absolute Gasteiger partial charge is 0.157 e. The largest absolute Gasteiger partial charge is 0.508 e. The zero-order valence-corrected chi connectivity index (χ0v) is 24.9. The fourth-order valence-electron chi connectivity index (χ4n) is 7.18. The summed E-state index contributed by atoms with van der Waals surface area (Å²) < 4.78 is 39.7. The van der Waals surface area contributed by atoms with Gasteiger partial charge < -0.3 is 25.0 Å². The Morgan fingerprint density at radius 2 is 1.78 bits per heavy atom. The first-order chi connectivity index (χ1) is 21.8. The summed E-state index contributed by atoms with van der Waals surface area (Å²) in [4.78, 5) is 14.1. The van der Waals surface area contributed by atoms with Crippen LogP contribution in [0.4, 0.5) is 20.4 Å². The van der Waals surface area contributed by atoms with Crippen molar-refractivity contribution < 1.29 is 18.6 Å². The van der Waals surface area contributed by atoms with Gasteiger partial charge in [-0.1, -0.05) is 12.0 Å². The van der Waals surface area contributed by atoms with E-state index in [0.29, 0.717) is 69.7 Å². The number of nitrogens with one attached hydrogen (secondary N) is 1. The molecule has 9 nitrogen and oxygen atoms in total. The zero-order valence-electron chi connectivity index (χ0n) is 24.9. The molecule has 2 aromatic carbocycles. The summed E-state index contributed by atoms with van der Waals surface area (Å²) in [6.45, 7) is 4.56. The van der Waals surface area contributed by atoms with Gasteiger partial charge in [-0.3, -0.25) is 9.67 Å². The van der Waals surface area contributed by atoms with E-state index in [2.05, 4.69) is 31.1 Å². The Bertz CT molecular complexity index is 2040. The van der Waals surface area contributed by atoms with E-state index in [1.807, 2.05) is 20.2 Å². The average Bonchev–Trinajstić information content (AvgIpc) is 3.57. The first kappa shape index (κ1) is 27.6. The highest BCUT2D eigenvalue weighted by Crippen LogP contribution is 2.42. The number of hydrogen-bond donors (Lipinski definition) is 2. The van der Waals surface area contributed by atoms with Crippen molar-refractivity contribution in [1.82, 2.24) is 25.1 Å². The average molecular weight is 608 g/mol. The van der Waals surface area contributed by atoms with Gasteiger partial charge in [-0.05, 0) is 43.4 Å². The Morgan fingerprint density at radius 1 is 1.02 bits per heavy atom. The molecule has 0 radical (unpaired) electrons. The molecule has 11 heteroatoms. The molecule has 2 unspecified atom stereocenters. The van der Waals surface area contributed by atoms with Gasteiger partial charge in [0.25, 0.3) is 0 Å². The molecule has 3 saturated heterocycles. The lowest BCUT2D eigenvalue weighted by molar-refractivity contribution is 0.166. The lowest BCUT2D eigenvalue weighted by Crippen LogP contribution is -2.55. The molecule has 0 amide bonds. The number of fused-ring (bicyclic) bond motifs is 4. The monoisotopic (exact) mass is 607 g/mol. The molecule has 6 heterocycles. The van der Waals surface area contributed by atoms with Gasteiger partial charge in [-0.15, -0.1) is 6.42 Å². The number of nitrogens with zero attached hydrogens (tertiary/aromatic N) is 6. The van der Waals surface area contributed by atoms with Crippen LogP contribution in [-0.2, 0) is 7.05 Å². The number of rotatable bonds is 5. The standard InChI is InChI=1S/C34H31F2N7O2/c1-4-25-28(35)8-5-19-9-22(44)10-26(30(19)25)32-31(36)29-18(2)33(43-16-24(17-43)45-23-11-38-41(3)15-23)40-34(27(29)12-37-32)42-13-20-6-7-21(14-42)39-20/h1,5,8-12,15,20-21,24,39,44H,6-7,13-14,16-17H2,2-3H3. The van der Waals surface area contributed by atoms with Crippen molar-refractivity contribution >= 4 is 33.2 Å². The van der Waals surface area contributed by atoms with Crippen LogP contribution in [0.2, 0.25) is 0 Å². The number of aromatic hydroxyl groups is 1. The summed E-state index contributed by atoms with van der Waals surface area (Å²) in [5, 5.41) is 20.2. The van der Waals surface area contributed by atoms with Crippen molar-refractivity contribution in [3.05, 3.63) is 65.6 Å². The highest BCUT2D eigenvalue weighted by molar-refractivity contribution is 6.04. The van der Waals surface area contributed by atoms with Crippen molar-refractivity contribution in [3.8, 4) is 35.1 Å². The van der Waals surface area contributed by atoms with Gasteiger partial charge in [-0.2, -0.15) is 5.10 Å². The maximum atomic E-state index is 17.1. The summed E-state index contributed by atoms with van der Waals surface area (Å²) in [6, 6.07) is 6.33. The third-order valence-corrected chi connectivity index (χ3v) is 9.28. The molecule has 45 heavy (non-hydrogen) atoms. The molecule has 3 aromatic heterocycles. The van der Waals surface area contributed by atoms with Gasteiger partial charge in [0.05, 0.1) is 31.0 Å². The number of anilines is 2. The Kier molecular flexibility index (Phi) is 6.32. The van der Waals surface area contributed by atoms with Gasteiger partial charge >= 0.3 is 0 Å². The summed E-state index contributed by atoms with van der Waals surface area (Å²) >= 11 is 0. The minimum Gasteiger partial charge on any atom is -0.508 e. The van der Waals surface area contributed by atoms with Crippen molar-refractivity contribution in [2.75, 3.05) is 36.0 Å². The van der Waals surface area contributed by atoms with Crippen molar-refractivity contribution in [1.29, 1.82) is 0 Å². The second-order valence-corrected chi connectivity index (χ2v) is 12.3. The fourth-order valence-corrected chi connectivity index (χ4v) is 7.18. The molecular weight excluding hydrogens is 576 g/mol. The van der Waals surface area contributed by atoms with Crippen molar-refractivity contribution in [2.24, 2.45) is 7.05 Å². The number of aromatic nitrogens is 4. The molecule has 0 spiro atoms. The van der Waals surface area contributed by atoms with Gasteiger partial charge in [0.1, 0.15) is 35.0 Å². The van der Waals surface area contributed by atoms with Gasteiger partial charge in [0.15, 0.2) is 11.6 Å². The molecule has 5 aromatic rings. The Labute approximate surface area is 258 Å². The normalized spacial score (nSPS) is 19.7. The third-order valence-electron chi connectivity index (χ3n) is 9.28. The molecule has 2 bridgehead atoms. The zero-order chi connectivity index (χ0) is 31.0. The predicted molar refractivity (Wildman–Crippen MR) is 169 cm³/mol. The number of ether oxygens (including phenoxy) is 1. The molecule has 2 N–H and O–H groups in total. The molecule has 228 valence electrons. The van der Waals surface area contributed by atoms with E-state index in [4.69, 9.17) is 16.1 Å². The van der Waals surface area contributed by atoms with E-state index in [-0.39, 0.29) is 28.7 Å². The summed E-state index contributed by atoms with van der Waals surface area (Å²) in [5.41, 5.74) is 0.873. The SMILES string of the molecule is C#Cc1c(F)ccc2cc(O)cc(-c3ncc4c(N5CC6CCC(C5)N6)nc(N5CC(Oc6cnn(C)c6)C5)c(C)c4c3F)c12. The van der Waals surface area contributed by atoms with Crippen molar-refractivity contribution in [2.45, 2.75) is 38.0 Å².